The van der Waals surface area contributed by atoms with E-state index >= 15 is 0 Å². The van der Waals surface area contributed by atoms with Crippen molar-refractivity contribution in [2.24, 2.45) is 5.92 Å². The van der Waals surface area contributed by atoms with E-state index in [1.54, 1.807) is 6.92 Å². The van der Waals surface area contributed by atoms with E-state index < -0.39 is 5.97 Å². The Morgan fingerprint density at radius 3 is 3.11 bits per heavy atom. The summed E-state index contributed by atoms with van der Waals surface area (Å²) < 4.78 is 4.82. The zero-order valence-corrected chi connectivity index (χ0v) is 10.0. The van der Waals surface area contributed by atoms with Crippen LogP contribution in [0.1, 0.15) is 23.8 Å². The number of aliphatic hydroxyl groups excluding tert-OH is 1. The van der Waals surface area contributed by atoms with Crippen LogP contribution in [0, 0.1) is 5.92 Å². The summed E-state index contributed by atoms with van der Waals surface area (Å²) in [5.41, 5.74) is 0.215. The standard InChI is InChI=1S/C11H15N3O4/c1-2-18-11(17)8-4-9(13-12-8)14-5-7(6-15)3-10(14)16/h4,7,15H,2-3,5-6H2,1H3,(H,12,13). The van der Waals surface area contributed by atoms with Crippen molar-refractivity contribution in [3.05, 3.63) is 11.8 Å². The third-order valence-electron chi connectivity index (χ3n) is 2.80. The molecule has 1 aliphatic rings. The van der Waals surface area contributed by atoms with E-state index in [-0.39, 0.29) is 30.7 Å². The normalized spacial score (nSPS) is 19.3. The van der Waals surface area contributed by atoms with Gasteiger partial charge >= 0.3 is 5.97 Å². The number of nitrogens with one attached hydrogen (secondary N) is 1. The van der Waals surface area contributed by atoms with E-state index in [0.717, 1.165) is 0 Å². The number of nitrogens with zero attached hydrogens (tertiary/aromatic N) is 2. The molecule has 1 aliphatic heterocycles. The summed E-state index contributed by atoms with van der Waals surface area (Å²) in [5.74, 6) is -0.281. The van der Waals surface area contributed by atoms with E-state index in [1.165, 1.54) is 11.0 Å². The van der Waals surface area contributed by atoms with Crippen LogP contribution in [0.5, 0.6) is 0 Å². The molecule has 0 spiro atoms. The van der Waals surface area contributed by atoms with Gasteiger partial charge < -0.3 is 9.84 Å². The molecule has 0 bridgehead atoms. The maximum absolute atomic E-state index is 11.7. The second-order valence-corrected chi connectivity index (χ2v) is 4.12. The fourth-order valence-electron chi connectivity index (χ4n) is 1.89. The minimum absolute atomic E-state index is 0.0304. The minimum atomic E-state index is -0.499. The third-order valence-corrected chi connectivity index (χ3v) is 2.80. The molecule has 1 atom stereocenters. The first kappa shape index (κ1) is 12.6. The van der Waals surface area contributed by atoms with Crippen molar-refractivity contribution in [2.75, 3.05) is 24.7 Å². The number of esters is 1. The number of carbonyl (C=O) groups is 2. The molecule has 18 heavy (non-hydrogen) atoms. The Labute approximate surface area is 104 Å². The first-order chi connectivity index (χ1) is 8.65. The number of rotatable bonds is 4. The van der Waals surface area contributed by atoms with Crippen molar-refractivity contribution < 1.29 is 19.4 Å². The Morgan fingerprint density at radius 2 is 2.50 bits per heavy atom. The number of amides is 1. The van der Waals surface area contributed by atoms with Gasteiger partial charge in [-0.05, 0) is 6.92 Å². The molecule has 1 saturated heterocycles. The quantitative estimate of drug-likeness (QED) is 0.732. The van der Waals surface area contributed by atoms with Gasteiger partial charge in [-0.3, -0.25) is 14.8 Å². The van der Waals surface area contributed by atoms with Crippen LogP contribution < -0.4 is 4.90 Å². The number of hydrogen-bond donors (Lipinski definition) is 2. The van der Waals surface area contributed by atoms with Crippen molar-refractivity contribution in [2.45, 2.75) is 13.3 Å². The van der Waals surface area contributed by atoms with Crippen LogP contribution in [0.4, 0.5) is 5.82 Å². The summed E-state index contributed by atoms with van der Waals surface area (Å²) >= 11 is 0. The number of aliphatic hydroxyl groups is 1. The van der Waals surface area contributed by atoms with Crippen molar-refractivity contribution >= 4 is 17.7 Å². The van der Waals surface area contributed by atoms with E-state index in [2.05, 4.69) is 10.2 Å². The van der Waals surface area contributed by atoms with Crippen molar-refractivity contribution in [3.63, 3.8) is 0 Å². The molecule has 0 aliphatic carbocycles. The molecule has 1 fully saturated rings. The summed E-state index contributed by atoms with van der Waals surface area (Å²) in [7, 11) is 0. The Hall–Kier alpha value is -1.89. The van der Waals surface area contributed by atoms with E-state index in [4.69, 9.17) is 9.84 Å². The van der Waals surface area contributed by atoms with Gasteiger partial charge in [0.2, 0.25) is 5.91 Å². The van der Waals surface area contributed by atoms with Crippen LogP contribution in [0.15, 0.2) is 6.07 Å². The van der Waals surface area contributed by atoms with Crippen molar-refractivity contribution in [3.8, 4) is 0 Å². The summed E-state index contributed by atoms with van der Waals surface area (Å²) in [5, 5.41) is 15.5. The largest absolute Gasteiger partial charge is 0.461 e. The Morgan fingerprint density at radius 1 is 1.72 bits per heavy atom. The Kier molecular flexibility index (Phi) is 3.61. The van der Waals surface area contributed by atoms with Crippen LogP contribution >= 0.6 is 0 Å². The van der Waals surface area contributed by atoms with Crippen LogP contribution in [0.2, 0.25) is 0 Å². The summed E-state index contributed by atoms with van der Waals surface area (Å²) in [6.07, 6.45) is 0.304. The van der Waals surface area contributed by atoms with Gasteiger partial charge in [-0.2, -0.15) is 5.10 Å². The fourth-order valence-corrected chi connectivity index (χ4v) is 1.89. The number of ether oxygens (including phenoxy) is 1. The SMILES string of the molecule is CCOC(=O)c1cc(N2CC(CO)CC2=O)n[nH]1. The number of aromatic nitrogens is 2. The van der Waals surface area contributed by atoms with Gasteiger partial charge in [0.1, 0.15) is 5.69 Å². The number of aromatic amines is 1. The van der Waals surface area contributed by atoms with Gasteiger partial charge in [0, 0.05) is 31.6 Å². The lowest BCUT2D eigenvalue weighted by Gasteiger charge is -2.11. The third kappa shape index (κ3) is 2.35. The molecule has 7 nitrogen and oxygen atoms in total. The average Bonchev–Trinajstić information content (AvgIpc) is 2.95. The smallest absolute Gasteiger partial charge is 0.356 e. The summed E-state index contributed by atoms with van der Waals surface area (Å²) in [6.45, 7) is 2.38. The number of carbonyl (C=O) groups excluding carboxylic acids is 2. The van der Waals surface area contributed by atoms with Gasteiger partial charge in [0.05, 0.1) is 6.61 Å². The molecular weight excluding hydrogens is 238 g/mol. The highest BCUT2D eigenvalue weighted by molar-refractivity contribution is 5.96. The lowest BCUT2D eigenvalue weighted by atomic mass is 10.1. The molecule has 2 N–H and O–H groups in total. The highest BCUT2D eigenvalue weighted by atomic mass is 16.5. The molecule has 1 aromatic rings. The van der Waals surface area contributed by atoms with E-state index in [9.17, 15) is 9.59 Å². The summed E-state index contributed by atoms with van der Waals surface area (Å²) in [6, 6.07) is 1.48. The highest BCUT2D eigenvalue weighted by Crippen LogP contribution is 2.23. The lowest BCUT2D eigenvalue weighted by Crippen LogP contribution is -2.25. The summed E-state index contributed by atoms with van der Waals surface area (Å²) in [4.78, 5) is 24.6. The van der Waals surface area contributed by atoms with Crippen molar-refractivity contribution in [1.29, 1.82) is 0 Å². The molecule has 0 radical (unpaired) electrons. The van der Waals surface area contributed by atoms with Crippen LogP contribution in [-0.4, -0.2) is 46.9 Å². The van der Waals surface area contributed by atoms with Gasteiger partial charge in [-0.25, -0.2) is 4.79 Å². The van der Waals surface area contributed by atoms with Gasteiger partial charge in [0.15, 0.2) is 5.82 Å². The first-order valence-electron chi connectivity index (χ1n) is 5.79. The Balaban J connectivity index is 2.11. The van der Waals surface area contributed by atoms with Crippen molar-refractivity contribution in [1.82, 2.24) is 10.2 Å². The zero-order valence-electron chi connectivity index (χ0n) is 10.0. The molecule has 98 valence electrons. The Bertz CT molecular complexity index is 457. The molecule has 1 amide bonds. The molecular formula is C11H15N3O4. The topological polar surface area (TPSA) is 95.5 Å². The second-order valence-electron chi connectivity index (χ2n) is 4.12. The first-order valence-corrected chi connectivity index (χ1v) is 5.79. The molecule has 0 saturated carbocycles. The lowest BCUT2D eigenvalue weighted by molar-refractivity contribution is -0.117. The molecule has 1 aromatic heterocycles. The van der Waals surface area contributed by atoms with Gasteiger partial charge in [-0.15, -0.1) is 0 Å². The molecule has 7 heteroatoms. The molecule has 0 aromatic carbocycles. The number of H-pyrrole nitrogens is 1. The zero-order chi connectivity index (χ0) is 13.1. The average molecular weight is 253 g/mol. The monoisotopic (exact) mass is 253 g/mol. The second kappa shape index (κ2) is 5.18. The minimum Gasteiger partial charge on any atom is -0.461 e. The fraction of sp³-hybridized carbons (Fsp3) is 0.545. The maximum Gasteiger partial charge on any atom is 0.356 e. The predicted molar refractivity (Wildman–Crippen MR) is 62.1 cm³/mol. The maximum atomic E-state index is 11.7. The predicted octanol–water partition coefficient (Wildman–Crippen LogP) is -0.0684. The highest BCUT2D eigenvalue weighted by Gasteiger charge is 2.31. The van der Waals surface area contributed by atoms with E-state index in [0.29, 0.717) is 18.8 Å². The van der Waals surface area contributed by atoms with Crippen LogP contribution in [0.3, 0.4) is 0 Å². The van der Waals surface area contributed by atoms with E-state index in [1.807, 2.05) is 0 Å². The number of hydrogen-bond acceptors (Lipinski definition) is 5. The molecule has 2 heterocycles. The molecule has 2 rings (SSSR count). The number of anilines is 1. The molecule has 1 unspecified atom stereocenters. The van der Waals surface area contributed by atoms with Gasteiger partial charge in [-0.1, -0.05) is 0 Å². The van der Waals surface area contributed by atoms with Crippen LogP contribution in [0.25, 0.3) is 0 Å². The van der Waals surface area contributed by atoms with Gasteiger partial charge in [0.25, 0.3) is 0 Å². The van der Waals surface area contributed by atoms with Crippen LogP contribution in [-0.2, 0) is 9.53 Å².